The molecule has 3 nitrogen and oxygen atoms in total. The second-order valence-electron chi connectivity index (χ2n) is 1.85. The minimum absolute atomic E-state index is 0.362. The van der Waals surface area contributed by atoms with Gasteiger partial charge in [0.1, 0.15) is 5.82 Å². The molecule has 0 atom stereocenters. The van der Waals surface area contributed by atoms with Gasteiger partial charge in [-0.15, -0.1) is 0 Å². The Hall–Kier alpha value is -0.940. The third-order valence-electron chi connectivity index (χ3n) is 1.04. The molecule has 0 aliphatic carbocycles. The summed E-state index contributed by atoms with van der Waals surface area (Å²) < 4.78 is 41.3. The highest BCUT2D eigenvalue weighted by Gasteiger charge is 2.07. The fraction of sp³-hybridized carbons (Fsp3) is 0. The highest BCUT2D eigenvalue weighted by atomic mass is 32.2. The standard InChI is InChI=1S/C6H4FO3S/c7-5-1-3-6(4-2-5)11(8,9)10/h1,3-4H,(H,8,9,10). The first kappa shape index (κ1) is 8.16. The van der Waals surface area contributed by atoms with Gasteiger partial charge in [-0.3, -0.25) is 4.55 Å². The molecule has 1 N–H and O–H groups in total. The summed E-state index contributed by atoms with van der Waals surface area (Å²) in [7, 11) is -4.22. The lowest BCUT2D eigenvalue weighted by Crippen LogP contribution is -1.97. The number of hydrogen-bond acceptors (Lipinski definition) is 2. The molecule has 0 saturated heterocycles. The van der Waals surface area contributed by atoms with Gasteiger partial charge in [-0.2, -0.15) is 8.42 Å². The lowest BCUT2D eigenvalue weighted by atomic mass is 10.4. The molecular formula is C6H4FO3S. The zero-order valence-electron chi connectivity index (χ0n) is 5.28. The van der Waals surface area contributed by atoms with Crippen molar-refractivity contribution in [2.45, 2.75) is 4.90 Å². The molecule has 0 fully saturated rings. The van der Waals surface area contributed by atoms with Crippen molar-refractivity contribution in [2.24, 2.45) is 0 Å². The minimum atomic E-state index is -4.22. The maximum Gasteiger partial charge on any atom is 0.294 e. The van der Waals surface area contributed by atoms with E-state index in [1.807, 2.05) is 6.07 Å². The maximum absolute atomic E-state index is 12.1. The molecule has 59 valence electrons. The Morgan fingerprint density at radius 1 is 1.45 bits per heavy atom. The molecule has 0 aromatic heterocycles. The van der Waals surface area contributed by atoms with Crippen LogP contribution in [0, 0.1) is 11.9 Å². The molecule has 1 rings (SSSR count). The Labute approximate surface area is 63.2 Å². The van der Waals surface area contributed by atoms with Crippen LogP contribution in [0.2, 0.25) is 0 Å². The number of halogens is 1. The van der Waals surface area contributed by atoms with Gasteiger partial charge in [-0.25, -0.2) is 4.39 Å². The van der Waals surface area contributed by atoms with Gasteiger partial charge < -0.3 is 0 Å². The number of rotatable bonds is 1. The second-order valence-corrected chi connectivity index (χ2v) is 3.27. The number of benzene rings is 1. The largest absolute Gasteiger partial charge is 0.294 e. The summed E-state index contributed by atoms with van der Waals surface area (Å²) in [5.41, 5.74) is 0. The molecule has 1 aromatic rings. The van der Waals surface area contributed by atoms with Gasteiger partial charge >= 0.3 is 0 Å². The highest BCUT2D eigenvalue weighted by molar-refractivity contribution is 7.85. The van der Waals surface area contributed by atoms with Crippen molar-refractivity contribution in [1.82, 2.24) is 0 Å². The predicted octanol–water partition coefficient (Wildman–Crippen LogP) is 0.873. The van der Waals surface area contributed by atoms with Gasteiger partial charge in [-0.05, 0) is 18.2 Å². The molecule has 1 radical (unpaired) electrons. The van der Waals surface area contributed by atoms with Crippen molar-refractivity contribution in [2.75, 3.05) is 0 Å². The Kier molecular flexibility index (Phi) is 1.92. The molecule has 11 heavy (non-hydrogen) atoms. The van der Waals surface area contributed by atoms with E-state index >= 15 is 0 Å². The van der Waals surface area contributed by atoms with Gasteiger partial charge in [0.05, 0.1) is 4.90 Å². The van der Waals surface area contributed by atoms with Gasteiger partial charge in [-0.1, -0.05) is 0 Å². The van der Waals surface area contributed by atoms with Gasteiger partial charge in [0.25, 0.3) is 10.1 Å². The van der Waals surface area contributed by atoms with Crippen LogP contribution >= 0.6 is 0 Å². The molecular weight excluding hydrogens is 171 g/mol. The molecule has 0 unspecified atom stereocenters. The normalized spacial score (nSPS) is 11.5. The first-order valence-electron chi connectivity index (χ1n) is 2.65. The summed E-state index contributed by atoms with van der Waals surface area (Å²) in [6.07, 6.45) is 0. The smallest absolute Gasteiger partial charge is 0.282 e. The highest BCUT2D eigenvalue weighted by Crippen LogP contribution is 2.07. The van der Waals surface area contributed by atoms with E-state index in [0.717, 1.165) is 18.2 Å². The van der Waals surface area contributed by atoms with E-state index in [9.17, 15) is 12.8 Å². The van der Waals surface area contributed by atoms with Crippen LogP contribution in [0.5, 0.6) is 0 Å². The monoisotopic (exact) mass is 175 g/mol. The summed E-state index contributed by atoms with van der Waals surface area (Å²) in [5, 5.41) is 0. The van der Waals surface area contributed by atoms with Crippen LogP contribution in [-0.2, 0) is 10.1 Å². The van der Waals surface area contributed by atoms with E-state index in [1.54, 1.807) is 0 Å². The van der Waals surface area contributed by atoms with E-state index in [2.05, 4.69) is 0 Å². The van der Waals surface area contributed by atoms with Crippen molar-refractivity contribution in [3.63, 3.8) is 0 Å². The van der Waals surface area contributed by atoms with Crippen LogP contribution in [0.15, 0.2) is 23.1 Å². The van der Waals surface area contributed by atoms with Crippen molar-refractivity contribution in [3.05, 3.63) is 30.1 Å². The second kappa shape index (κ2) is 2.60. The Balaban J connectivity index is 3.20. The third-order valence-corrected chi connectivity index (χ3v) is 1.89. The summed E-state index contributed by atoms with van der Waals surface area (Å²) >= 11 is 0. The van der Waals surface area contributed by atoms with E-state index in [-0.39, 0.29) is 4.90 Å². The maximum atomic E-state index is 12.1. The van der Waals surface area contributed by atoms with Gasteiger partial charge in [0.15, 0.2) is 0 Å². The Morgan fingerprint density at radius 2 is 2.09 bits per heavy atom. The Morgan fingerprint density at radius 3 is 2.45 bits per heavy atom. The molecule has 1 aromatic carbocycles. The Bertz CT molecular complexity index is 341. The first-order valence-corrected chi connectivity index (χ1v) is 4.09. The summed E-state index contributed by atoms with van der Waals surface area (Å²) in [5.74, 6) is -0.669. The van der Waals surface area contributed by atoms with Crippen LogP contribution in [0.25, 0.3) is 0 Å². The molecule has 0 aliphatic heterocycles. The lowest BCUT2D eigenvalue weighted by Gasteiger charge is -1.93. The average molecular weight is 175 g/mol. The fourth-order valence-corrected chi connectivity index (χ4v) is 1.000. The first-order chi connectivity index (χ1) is 5.00. The zero-order valence-corrected chi connectivity index (χ0v) is 6.10. The molecule has 5 heteroatoms. The van der Waals surface area contributed by atoms with Crippen molar-refractivity contribution in [1.29, 1.82) is 0 Å². The molecule has 0 heterocycles. The summed E-state index contributed by atoms with van der Waals surface area (Å²) in [6.45, 7) is 0. The van der Waals surface area contributed by atoms with E-state index in [0.29, 0.717) is 0 Å². The van der Waals surface area contributed by atoms with E-state index < -0.39 is 15.9 Å². The predicted molar refractivity (Wildman–Crippen MR) is 35.1 cm³/mol. The van der Waals surface area contributed by atoms with Crippen molar-refractivity contribution < 1.29 is 17.4 Å². The zero-order chi connectivity index (χ0) is 8.48. The average Bonchev–Trinajstić information content (AvgIpc) is 1.86. The van der Waals surface area contributed by atoms with E-state index in [4.69, 9.17) is 4.55 Å². The fourth-order valence-electron chi connectivity index (χ4n) is 0.552. The van der Waals surface area contributed by atoms with Crippen LogP contribution in [0.4, 0.5) is 4.39 Å². The lowest BCUT2D eigenvalue weighted by molar-refractivity contribution is 0.483. The van der Waals surface area contributed by atoms with Crippen LogP contribution in [-0.4, -0.2) is 13.0 Å². The van der Waals surface area contributed by atoms with Crippen molar-refractivity contribution in [3.8, 4) is 0 Å². The third kappa shape index (κ3) is 1.99. The van der Waals surface area contributed by atoms with Crippen LogP contribution < -0.4 is 0 Å². The molecule has 0 saturated carbocycles. The van der Waals surface area contributed by atoms with Crippen molar-refractivity contribution >= 4 is 10.1 Å². The molecule has 0 bridgehead atoms. The van der Waals surface area contributed by atoms with Crippen LogP contribution in [0.3, 0.4) is 0 Å². The van der Waals surface area contributed by atoms with Gasteiger partial charge in [0.2, 0.25) is 0 Å². The SMILES string of the molecule is O=S(=O)(O)c1c[c]c(F)cc1. The molecule has 0 spiro atoms. The quantitative estimate of drug-likeness (QED) is 0.644. The van der Waals surface area contributed by atoms with Crippen LogP contribution in [0.1, 0.15) is 0 Å². The van der Waals surface area contributed by atoms with Gasteiger partial charge in [0, 0.05) is 6.07 Å². The molecule has 0 aliphatic rings. The molecule has 0 amide bonds. The topological polar surface area (TPSA) is 54.4 Å². The summed E-state index contributed by atoms with van der Waals surface area (Å²) in [6, 6.07) is 4.73. The number of hydrogen-bond donors (Lipinski definition) is 1. The summed E-state index contributed by atoms with van der Waals surface area (Å²) in [4.78, 5) is -0.362. The van der Waals surface area contributed by atoms with E-state index in [1.165, 1.54) is 0 Å². The minimum Gasteiger partial charge on any atom is -0.282 e.